The maximum atomic E-state index is 12.4. The number of sulfonamides is 2. The molecule has 0 saturated heterocycles. The van der Waals surface area contributed by atoms with Gasteiger partial charge in [-0.1, -0.05) is 18.2 Å². The van der Waals surface area contributed by atoms with Gasteiger partial charge < -0.3 is 9.88 Å². The Labute approximate surface area is 190 Å². The third-order valence-corrected chi connectivity index (χ3v) is 6.97. The van der Waals surface area contributed by atoms with Gasteiger partial charge in [0.15, 0.2) is 0 Å². The van der Waals surface area contributed by atoms with Crippen LogP contribution in [0.3, 0.4) is 0 Å². The number of fused-ring (bicyclic) bond motifs is 1. The molecule has 0 atom stereocenters. The van der Waals surface area contributed by atoms with Crippen molar-refractivity contribution in [2.75, 3.05) is 38.2 Å². The van der Waals surface area contributed by atoms with Crippen LogP contribution in [0, 0.1) is 0 Å². The molecule has 0 aliphatic heterocycles. The Morgan fingerprint density at radius 3 is 2.28 bits per heavy atom. The van der Waals surface area contributed by atoms with Gasteiger partial charge in [-0.25, -0.2) is 21.6 Å². The Kier molecular flexibility index (Phi) is 7.60. The molecule has 8 nitrogen and oxygen atoms in total. The number of nitrogens with zero attached hydrogens (tertiary/aromatic N) is 1. The molecule has 0 fully saturated rings. The fraction of sp³-hybridized carbons (Fsp3) is 0.364. The lowest BCUT2D eigenvalue weighted by molar-refractivity contribution is 0.414. The van der Waals surface area contributed by atoms with Crippen LogP contribution in [0.2, 0.25) is 0 Å². The minimum atomic E-state index is -3.51. The Balaban J connectivity index is 1.57. The van der Waals surface area contributed by atoms with Crippen molar-refractivity contribution in [1.82, 2.24) is 14.6 Å². The van der Waals surface area contributed by atoms with Crippen molar-refractivity contribution in [2.24, 2.45) is 0 Å². The van der Waals surface area contributed by atoms with Gasteiger partial charge in [0.2, 0.25) is 20.0 Å². The Hall–Kier alpha value is -2.40. The predicted octanol–water partition coefficient (Wildman–Crippen LogP) is 2.31. The van der Waals surface area contributed by atoms with Crippen molar-refractivity contribution in [1.29, 1.82) is 0 Å². The van der Waals surface area contributed by atoms with Crippen molar-refractivity contribution in [2.45, 2.75) is 18.6 Å². The smallest absolute Gasteiger partial charge is 0.229 e. The number of hydrogen-bond acceptors (Lipinski definition) is 5. The highest BCUT2D eigenvalue weighted by atomic mass is 32.2. The first-order valence-electron chi connectivity index (χ1n) is 10.3. The highest BCUT2D eigenvalue weighted by Gasteiger charge is 2.12. The molecule has 0 unspecified atom stereocenters. The van der Waals surface area contributed by atoms with E-state index in [4.69, 9.17) is 0 Å². The zero-order valence-electron chi connectivity index (χ0n) is 18.6. The number of benzene rings is 2. The number of hydrogen-bond donors (Lipinski definition) is 3. The van der Waals surface area contributed by atoms with Crippen molar-refractivity contribution < 1.29 is 16.8 Å². The third kappa shape index (κ3) is 7.33. The van der Waals surface area contributed by atoms with Crippen molar-refractivity contribution >= 4 is 36.6 Å². The largest absolute Gasteiger partial charge is 0.361 e. The maximum absolute atomic E-state index is 12.4. The van der Waals surface area contributed by atoms with Crippen molar-refractivity contribution in [3.63, 3.8) is 0 Å². The molecule has 0 amide bonds. The summed E-state index contributed by atoms with van der Waals surface area (Å²) >= 11 is 0. The van der Waals surface area contributed by atoms with Crippen LogP contribution in [-0.2, 0) is 38.6 Å². The van der Waals surface area contributed by atoms with E-state index in [-0.39, 0.29) is 5.75 Å². The van der Waals surface area contributed by atoms with E-state index in [1.165, 1.54) is 10.9 Å². The van der Waals surface area contributed by atoms with Gasteiger partial charge in [-0.05, 0) is 67.9 Å². The van der Waals surface area contributed by atoms with Crippen LogP contribution in [-0.4, -0.2) is 60.2 Å². The number of likely N-dealkylation sites (N-methyl/N-ethyl adjacent to an activating group) is 1. The van der Waals surface area contributed by atoms with Gasteiger partial charge in [0.05, 0.1) is 12.0 Å². The second kappa shape index (κ2) is 10.0. The zero-order valence-corrected chi connectivity index (χ0v) is 20.2. The average molecular weight is 479 g/mol. The molecule has 0 spiro atoms. The molecule has 1 aromatic heterocycles. The van der Waals surface area contributed by atoms with Gasteiger partial charge in [0.25, 0.3) is 0 Å². The van der Waals surface area contributed by atoms with E-state index in [0.29, 0.717) is 24.2 Å². The van der Waals surface area contributed by atoms with Crippen LogP contribution in [0.5, 0.6) is 0 Å². The molecular formula is C22H30N4O4S2. The average Bonchev–Trinajstić information content (AvgIpc) is 3.09. The van der Waals surface area contributed by atoms with Crippen LogP contribution in [0.25, 0.3) is 10.9 Å². The minimum absolute atomic E-state index is 0.169. The lowest BCUT2D eigenvalue weighted by Gasteiger charge is -2.09. The Bertz CT molecular complexity index is 1270. The summed E-state index contributed by atoms with van der Waals surface area (Å²) in [6.45, 7) is 1.27. The maximum Gasteiger partial charge on any atom is 0.229 e. The van der Waals surface area contributed by atoms with Crippen LogP contribution >= 0.6 is 0 Å². The lowest BCUT2D eigenvalue weighted by atomic mass is 10.1. The number of H-pyrrole nitrogens is 1. The molecule has 3 N–H and O–H groups in total. The first-order chi connectivity index (χ1) is 15.0. The quantitative estimate of drug-likeness (QED) is 0.392. The van der Waals surface area contributed by atoms with Crippen LogP contribution in [0.15, 0.2) is 48.7 Å². The van der Waals surface area contributed by atoms with Gasteiger partial charge in [-0.2, -0.15) is 0 Å². The monoisotopic (exact) mass is 478 g/mol. The number of rotatable bonds is 11. The second-order valence-electron chi connectivity index (χ2n) is 8.22. The molecule has 1 heterocycles. The summed E-state index contributed by atoms with van der Waals surface area (Å²) in [5.74, 6) is -0.169. The highest BCUT2D eigenvalue weighted by molar-refractivity contribution is 7.92. The number of anilines is 1. The van der Waals surface area contributed by atoms with Crippen LogP contribution in [0.1, 0.15) is 16.7 Å². The van der Waals surface area contributed by atoms with Gasteiger partial charge in [-0.3, -0.25) is 4.72 Å². The molecule has 174 valence electrons. The van der Waals surface area contributed by atoms with E-state index in [1.807, 2.05) is 32.4 Å². The second-order valence-corrected chi connectivity index (χ2v) is 11.8. The molecule has 3 aromatic rings. The first kappa shape index (κ1) is 24.2. The summed E-state index contributed by atoms with van der Waals surface area (Å²) in [5.41, 5.74) is 4.38. The van der Waals surface area contributed by atoms with Gasteiger partial charge >= 0.3 is 0 Å². The summed E-state index contributed by atoms with van der Waals surface area (Å²) in [6.07, 6.45) is 4.64. The van der Waals surface area contributed by atoms with E-state index >= 15 is 0 Å². The molecule has 0 bridgehead atoms. The van der Waals surface area contributed by atoms with E-state index < -0.39 is 20.0 Å². The molecule has 10 heteroatoms. The van der Waals surface area contributed by atoms with Crippen LogP contribution in [0.4, 0.5) is 5.69 Å². The highest BCUT2D eigenvalue weighted by Crippen LogP contribution is 2.21. The predicted molar refractivity (Wildman–Crippen MR) is 130 cm³/mol. The van der Waals surface area contributed by atoms with Gasteiger partial charge in [-0.15, -0.1) is 0 Å². The molecular weight excluding hydrogens is 448 g/mol. The molecule has 32 heavy (non-hydrogen) atoms. The fourth-order valence-corrected chi connectivity index (χ4v) is 5.15. The first-order valence-corrected chi connectivity index (χ1v) is 13.8. The zero-order chi connectivity index (χ0) is 23.4. The Morgan fingerprint density at radius 2 is 1.62 bits per heavy atom. The lowest BCUT2D eigenvalue weighted by Crippen LogP contribution is -2.27. The number of aromatic nitrogens is 1. The summed E-state index contributed by atoms with van der Waals surface area (Å²) in [4.78, 5) is 5.44. The minimum Gasteiger partial charge on any atom is -0.361 e. The topological polar surface area (TPSA) is 111 Å². The number of nitrogens with one attached hydrogen (secondary N) is 3. The fourth-order valence-electron chi connectivity index (χ4n) is 3.44. The van der Waals surface area contributed by atoms with Crippen LogP contribution < -0.4 is 9.44 Å². The summed E-state index contributed by atoms with van der Waals surface area (Å²) < 4.78 is 52.4. The van der Waals surface area contributed by atoms with E-state index in [1.54, 1.807) is 24.3 Å². The third-order valence-electron chi connectivity index (χ3n) is 5.01. The number of aromatic amines is 1. The molecule has 2 aromatic carbocycles. The SMILES string of the molecule is CN(C)CCc1c[nH]c2ccc(CCNS(=O)(=O)Cc3ccc(NS(C)(=O)=O)cc3)cc12. The van der Waals surface area contributed by atoms with Crippen molar-refractivity contribution in [3.05, 3.63) is 65.4 Å². The molecule has 0 radical (unpaired) electrons. The molecule has 0 saturated carbocycles. The molecule has 0 aliphatic carbocycles. The van der Waals surface area contributed by atoms with E-state index in [0.717, 1.165) is 30.3 Å². The standard InChI is InChI=1S/C22H30N4O4S2/c1-26(2)13-11-19-15-23-22-9-6-17(14-21(19)22)10-12-24-32(29,30)16-18-4-7-20(8-5-18)25-31(3,27)28/h4-9,14-15,23-25H,10-13,16H2,1-3H3. The van der Waals surface area contributed by atoms with Gasteiger partial charge in [0, 0.05) is 35.9 Å². The summed E-state index contributed by atoms with van der Waals surface area (Å²) in [6, 6.07) is 12.5. The molecule has 0 aliphatic rings. The Morgan fingerprint density at radius 1 is 0.938 bits per heavy atom. The van der Waals surface area contributed by atoms with Gasteiger partial charge in [0.1, 0.15) is 0 Å². The van der Waals surface area contributed by atoms with E-state index in [9.17, 15) is 16.8 Å². The summed E-state index contributed by atoms with van der Waals surface area (Å²) in [5, 5.41) is 1.18. The normalized spacial score (nSPS) is 12.5. The van der Waals surface area contributed by atoms with E-state index in [2.05, 4.69) is 25.4 Å². The molecule has 3 rings (SSSR count). The van der Waals surface area contributed by atoms with Crippen molar-refractivity contribution in [3.8, 4) is 0 Å². The summed E-state index contributed by atoms with van der Waals surface area (Å²) in [7, 11) is -2.78.